The van der Waals surface area contributed by atoms with E-state index in [0.717, 1.165) is 14.9 Å². The Balaban J connectivity index is 1.92. The smallest absolute Gasteiger partial charge is 0.147 e. The van der Waals surface area contributed by atoms with Crippen molar-refractivity contribution in [1.82, 2.24) is 4.98 Å². The quantitative estimate of drug-likeness (QED) is 0.851. The van der Waals surface area contributed by atoms with Crippen LogP contribution in [0.25, 0.3) is 0 Å². The summed E-state index contributed by atoms with van der Waals surface area (Å²) >= 11 is 4.99. The highest BCUT2D eigenvalue weighted by atomic mass is 79.9. The van der Waals surface area contributed by atoms with Crippen molar-refractivity contribution in [3.05, 3.63) is 52.8 Å². The molecule has 0 saturated carbocycles. The Kier molecular flexibility index (Phi) is 4.99. The summed E-state index contributed by atoms with van der Waals surface area (Å²) in [5.41, 5.74) is 7.21. The fourth-order valence-electron chi connectivity index (χ4n) is 1.57. The molecule has 0 saturated heterocycles. The van der Waals surface area contributed by atoms with E-state index in [2.05, 4.69) is 20.9 Å². The number of Topliss-reactive ketones (excluding diaryl/α,β-unsaturated/α-hetero) is 1. The highest BCUT2D eigenvalue weighted by Gasteiger charge is 2.08. The Labute approximate surface area is 124 Å². The molecular weight excluding hydrogens is 324 g/mol. The van der Waals surface area contributed by atoms with E-state index in [-0.39, 0.29) is 5.78 Å². The molecule has 3 nitrogen and oxygen atoms in total. The molecule has 0 aliphatic carbocycles. The average molecular weight is 337 g/mol. The number of hydrogen-bond acceptors (Lipinski definition) is 4. The number of anilines is 1. The molecule has 0 aliphatic rings. The van der Waals surface area contributed by atoms with Crippen LogP contribution in [0.15, 0.2) is 52.1 Å². The molecule has 1 aromatic carbocycles. The number of nitrogens with zero attached hydrogens (tertiary/aromatic N) is 1. The van der Waals surface area contributed by atoms with Crippen LogP contribution in [-0.2, 0) is 11.2 Å². The summed E-state index contributed by atoms with van der Waals surface area (Å²) in [4.78, 5) is 17.0. The standard InChI is InChI=1S/C14H13BrN2OS/c15-12-3-1-2-4-14(12)19-9-11(18)7-10-8-17-6-5-13(10)16/h1-6,8H,7,9H2,(H2,16,17). The predicted octanol–water partition coefficient (Wildman–Crippen LogP) is 3.33. The minimum atomic E-state index is 0.139. The van der Waals surface area contributed by atoms with E-state index in [1.54, 1.807) is 18.5 Å². The summed E-state index contributed by atoms with van der Waals surface area (Å²) in [6.45, 7) is 0. The monoisotopic (exact) mass is 336 g/mol. The Morgan fingerprint density at radius 2 is 2.11 bits per heavy atom. The Morgan fingerprint density at radius 1 is 1.32 bits per heavy atom. The zero-order chi connectivity index (χ0) is 13.7. The van der Waals surface area contributed by atoms with Crippen LogP contribution in [0.1, 0.15) is 5.56 Å². The van der Waals surface area contributed by atoms with Crippen LogP contribution in [0, 0.1) is 0 Å². The maximum atomic E-state index is 11.9. The van der Waals surface area contributed by atoms with Crippen molar-refractivity contribution in [2.24, 2.45) is 0 Å². The van der Waals surface area contributed by atoms with Crippen LogP contribution in [0.5, 0.6) is 0 Å². The van der Waals surface area contributed by atoms with E-state index < -0.39 is 0 Å². The Bertz CT molecular complexity index is 589. The molecule has 2 rings (SSSR count). The first-order valence-electron chi connectivity index (χ1n) is 5.74. The highest BCUT2D eigenvalue weighted by molar-refractivity contribution is 9.10. The lowest BCUT2D eigenvalue weighted by molar-refractivity contribution is -0.116. The molecule has 19 heavy (non-hydrogen) atoms. The number of benzene rings is 1. The van der Waals surface area contributed by atoms with E-state index in [9.17, 15) is 4.79 Å². The van der Waals surface area contributed by atoms with E-state index in [4.69, 9.17) is 5.73 Å². The van der Waals surface area contributed by atoms with Crippen LogP contribution in [0.2, 0.25) is 0 Å². The van der Waals surface area contributed by atoms with Crippen molar-refractivity contribution >= 4 is 39.2 Å². The molecule has 0 radical (unpaired) electrons. The van der Waals surface area contributed by atoms with Gasteiger partial charge in [0.25, 0.3) is 0 Å². The first-order valence-corrected chi connectivity index (χ1v) is 7.52. The molecule has 0 atom stereocenters. The first-order chi connectivity index (χ1) is 9.16. The molecule has 0 bridgehead atoms. The van der Waals surface area contributed by atoms with Gasteiger partial charge in [0.1, 0.15) is 5.78 Å². The number of nitrogens with two attached hydrogens (primary N) is 1. The first kappa shape index (κ1) is 14.1. The highest BCUT2D eigenvalue weighted by Crippen LogP contribution is 2.27. The van der Waals surface area contributed by atoms with E-state index >= 15 is 0 Å². The number of halogens is 1. The van der Waals surface area contributed by atoms with Crippen LogP contribution >= 0.6 is 27.7 Å². The van der Waals surface area contributed by atoms with Gasteiger partial charge in [-0.05, 0) is 34.1 Å². The zero-order valence-corrected chi connectivity index (χ0v) is 12.6. The van der Waals surface area contributed by atoms with Crippen molar-refractivity contribution in [3.63, 3.8) is 0 Å². The van der Waals surface area contributed by atoms with Crippen molar-refractivity contribution in [3.8, 4) is 0 Å². The Hall–Kier alpha value is -1.33. The van der Waals surface area contributed by atoms with Gasteiger partial charge in [0.2, 0.25) is 0 Å². The average Bonchev–Trinajstić information content (AvgIpc) is 2.40. The van der Waals surface area contributed by atoms with Crippen LogP contribution in [-0.4, -0.2) is 16.5 Å². The second-order valence-corrected chi connectivity index (χ2v) is 5.88. The number of ketones is 1. The molecule has 1 heterocycles. The lowest BCUT2D eigenvalue weighted by atomic mass is 10.1. The lowest BCUT2D eigenvalue weighted by Gasteiger charge is -2.05. The summed E-state index contributed by atoms with van der Waals surface area (Å²) in [6, 6.07) is 9.57. The SMILES string of the molecule is Nc1ccncc1CC(=O)CSc1ccccc1Br. The van der Waals surface area contributed by atoms with Crippen molar-refractivity contribution in [2.45, 2.75) is 11.3 Å². The topological polar surface area (TPSA) is 56.0 Å². The number of aromatic nitrogens is 1. The van der Waals surface area contributed by atoms with E-state index in [1.807, 2.05) is 24.3 Å². The van der Waals surface area contributed by atoms with Gasteiger partial charge in [0.05, 0.1) is 5.75 Å². The minimum absolute atomic E-state index is 0.139. The summed E-state index contributed by atoms with van der Waals surface area (Å²) in [5.74, 6) is 0.567. The van der Waals surface area contributed by atoms with Crippen molar-refractivity contribution in [2.75, 3.05) is 11.5 Å². The number of carbonyl (C=O) groups is 1. The summed E-state index contributed by atoms with van der Waals surface area (Å²) < 4.78 is 1.01. The fraction of sp³-hybridized carbons (Fsp3) is 0.143. The van der Waals surface area contributed by atoms with Crippen molar-refractivity contribution < 1.29 is 4.79 Å². The normalized spacial score (nSPS) is 10.4. The number of carbonyl (C=O) groups excluding carboxylic acids is 1. The molecule has 0 spiro atoms. The second kappa shape index (κ2) is 6.73. The molecular formula is C14H13BrN2OS. The second-order valence-electron chi connectivity index (χ2n) is 4.01. The molecule has 98 valence electrons. The van der Waals surface area contributed by atoms with Gasteiger partial charge in [0, 0.05) is 39.4 Å². The molecule has 2 N–H and O–H groups in total. The zero-order valence-electron chi connectivity index (χ0n) is 10.2. The number of rotatable bonds is 5. The molecule has 0 aliphatic heterocycles. The fourth-order valence-corrected chi connectivity index (χ4v) is 3.00. The molecule has 0 amide bonds. The maximum absolute atomic E-state index is 11.9. The number of hydrogen-bond donors (Lipinski definition) is 1. The van der Waals surface area contributed by atoms with E-state index in [1.165, 1.54) is 11.8 Å². The van der Waals surface area contributed by atoms with Gasteiger partial charge in [-0.2, -0.15) is 0 Å². The molecule has 2 aromatic rings. The summed E-state index contributed by atoms with van der Waals surface area (Å²) in [7, 11) is 0. The molecule has 0 fully saturated rings. The van der Waals surface area contributed by atoms with Gasteiger partial charge >= 0.3 is 0 Å². The third-order valence-electron chi connectivity index (χ3n) is 2.55. The molecule has 1 aromatic heterocycles. The predicted molar refractivity (Wildman–Crippen MR) is 82.2 cm³/mol. The minimum Gasteiger partial charge on any atom is -0.398 e. The van der Waals surface area contributed by atoms with E-state index in [0.29, 0.717) is 17.9 Å². The molecule has 0 unspecified atom stereocenters. The van der Waals surface area contributed by atoms with Crippen LogP contribution in [0.3, 0.4) is 0 Å². The van der Waals surface area contributed by atoms with Gasteiger partial charge < -0.3 is 5.73 Å². The Morgan fingerprint density at radius 3 is 2.84 bits per heavy atom. The number of nitrogen functional groups attached to an aromatic ring is 1. The van der Waals surface area contributed by atoms with Gasteiger partial charge in [0.15, 0.2) is 0 Å². The summed E-state index contributed by atoms with van der Waals surface area (Å²) in [6.07, 6.45) is 3.60. The van der Waals surface area contributed by atoms with Gasteiger partial charge in [-0.3, -0.25) is 9.78 Å². The maximum Gasteiger partial charge on any atom is 0.147 e. The van der Waals surface area contributed by atoms with Gasteiger partial charge in [-0.15, -0.1) is 11.8 Å². The molecule has 5 heteroatoms. The van der Waals surface area contributed by atoms with Crippen LogP contribution in [0.4, 0.5) is 5.69 Å². The third kappa shape index (κ3) is 4.08. The lowest BCUT2D eigenvalue weighted by Crippen LogP contribution is -2.08. The number of pyridine rings is 1. The van der Waals surface area contributed by atoms with Crippen LogP contribution < -0.4 is 5.73 Å². The third-order valence-corrected chi connectivity index (χ3v) is 4.64. The summed E-state index contributed by atoms with van der Waals surface area (Å²) in [5, 5.41) is 0. The van der Waals surface area contributed by atoms with Crippen molar-refractivity contribution in [1.29, 1.82) is 0 Å². The van der Waals surface area contributed by atoms with Gasteiger partial charge in [-0.1, -0.05) is 12.1 Å². The van der Waals surface area contributed by atoms with Gasteiger partial charge in [-0.25, -0.2) is 0 Å². The largest absolute Gasteiger partial charge is 0.398 e. The number of thioether (sulfide) groups is 1.